The minimum absolute atomic E-state index is 0.0197. The molecule has 4 aromatic rings. The van der Waals surface area contributed by atoms with E-state index in [1.165, 1.54) is 32.0 Å². The van der Waals surface area contributed by atoms with Crippen molar-refractivity contribution in [3.05, 3.63) is 41.0 Å². The van der Waals surface area contributed by atoms with Gasteiger partial charge in [0.2, 0.25) is 0 Å². The molecule has 1 amide bonds. The highest BCUT2D eigenvalue weighted by Crippen LogP contribution is 2.48. The molecule has 2 N–H and O–H groups in total. The van der Waals surface area contributed by atoms with E-state index < -0.39 is 46.7 Å². The number of halogens is 6. The van der Waals surface area contributed by atoms with E-state index in [0.29, 0.717) is 36.9 Å². The topological polar surface area (TPSA) is 121 Å². The number of carbonyl (C=O) groups is 1. The number of thiophene rings is 1. The Hall–Kier alpha value is -4.56. The summed E-state index contributed by atoms with van der Waals surface area (Å²) in [6.07, 6.45) is -2.37. The van der Waals surface area contributed by atoms with Crippen LogP contribution in [0, 0.1) is 23.0 Å². The Morgan fingerprint density at radius 1 is 1.18 bits per heavy atom. The fourth-order valence-electron chi connectivity index (χ4n) is 7.40. The number of methoxy groups -OCH3 is 2. The fourth-order valence-corrected chi connectivity index (χ4v) is 8.34. The molecule has 3 fully saturated rings. The van der Waals surface area contributed by atoms with Crippen LogP contribution in [0.4, 0.5) is 42.0 Å². The highest BCUT2D eigenvalue weighted by molar-refractivity contribution is 7.23. The zero-order chi connectivity index (χ0) is 36.8. The number of likely N-dealkylation sites (tertiary alicyclic amines) is 1. The Morgan fingerprint density at radius 3 is 2.59 bits per heavy atom. The minimum atomic E-state index is -5.08. The van der Waals surface area contributed by atoms with E-state index in [2.05, 4.69) is 14.9 Å². The summed E-state index contributed by atoms with van der Waals surface area (Å²) in [4.78, 5) is 25.8. The van der Waals surface area contributed by atoms with Gasteiger partial charge in [-0.05, 0) is 56.8 Å². The molecule has 0 bridgehead atoms. The summed E-state index contributed by atoms with van der Waals surface area (Å²) in [5.74, 6) is -2.19. The van der Waals surface area contributed by atoms with Crippen molar-refractivity contribution in [1.82, 2.24) is 19.8 Å². The Kier molecular flexibility index (Phi) is 10.1. The highest BCUT2D eigenvalue weighted by Gasteiger charge is 2.40. The number of alkyl halides is 4. The molecule has 2 aromatic heterocycles. The molecular weight excluding hydrogens is 700 g/mol. The lowest BCUT2D eigenvalue weighted by atomic mass is 9.92. The van der Waals surface area contributed by atoms with Gasteiger partial charge >= 0.3 is 18.3 Å². The number of amides is 1. The Morgan fingerprint density at radius 2 is 1.94 bits per heavy atom. The first-order chi connectivity index (χ1) is 24.3. The summed E-state index contributed by atoms with van der Waals surface area (Å²) < 4.78 is 97.7. The van der Waals surface area contributed by atoms with E-state index >= 15 is 4.39 Å². The first-order valence-corrected chi connectivity index (χ1v) is 17.2. The normalized spacial score (nSPS) is 20.3. The van der Waals surface area contributed by atoms with E-state index in [1.807, 2.05) is 0 Å². The molecule has 3 atom stereocenters. The third kappa shape index (κ3) is 6.66. The van der Waals surface area contributed by atoms with Crippen LogP contribution in [0.3, 0.4) is 0 Å². The van der Waals surface area contributed by atoms with Gasteiger partial charge in [-0.2, -0.15) is 28.4 Å². The molecule has 10 nitrogen and oxygen atoms in total. The summed E-state index contributed by atoms with van der Waals surface area (Å²) in [7, 11) is 2.48. The van der Waals surface area contributed by atoms with E-state index in [-0.39, 0.29) is 62.6 Å². The first-order valence-electron chi connectivity index (χ1n) is 16.3. The fraction of sp³-hybridized carbons (Fsp3) is 0.471. The second kappa shape index (κ2) is 14.2. The number of nitrogens with two attached hydrogens (primary N) is 1. The van der Waals surface area contributed by atoms with Crippen LogP contribution < -0.4 is 15.4 Å². The van der Waals surface area contributed by atoms with Crippen LogP contribution in [0.1, 0.15) is 43.7 Å². The number of likely N-dealkylation sites (N-methyl/N-ethyl adjacent to an activating group) is 1. The minimum Gasteiger partial charge on any atom is -0.467 e. The zero-order valence-electron chi connectivity index (χ0n) is 28.0. The molecule has 5 heterocycles. The number of rotatable bonds is 5. The first kappa shape index (κ1) is 36.2. The number of aromatic nitrogens is 2. The number of hydrogen-bond donors (Lipinski definition) is 1. The van der Waals surface area contributed by atoms with Crippen LogP contribution >= 0.6 is 11.3 Å². The molecule has 3 aliphatic heterocycles. The van der Waals surface area contributed by atoms with Crippen molar-refractivity contribution in [1.29, 1.82) is 5.26 Å². The van der Waals surface area contributed by atoms with E-state index in [0.717, 1.165) is 31.2 Å². The van der Waals surface area contributed by atoms with Gasteiger partial charge in [-0.25, -0.2) is 18.0 Å². The van der Waals surface area contributed by atoms with Crippen molar-refractivity contribution in [2.45, 2.75) is 57.0 Å². The van der Waals surface area contributed by atoms with Crippen molar-refractivity contribution in [3.8, 4) is 23.2 Å². The summed E-state index contributed by atoms with van der Waals surface area (Å²) >= 11 is 0.682. The number of benzene rings is 2. The van der Waals surface area contributed by atoms with Gasteiger partial charge < -0.3 is 25.0 Å². The molecule has 0 saturated carbocycles. The quantitative estimate of drug-likeness (QED) is 0.214. The van der Waals surface area contributed by atoms with Gasteiger partial charge in [0.1, 0.15) is 34.4 Å². The van der Waals surface area contributed by atoms with Gasteiger partial charge in [-0.15, -0.1) is 11.3 Å². The summed E-state index contributed by atoms with van der Waals surface area (Å²) in [5, 5.41) is 9.08. The molecule has 51 heavy (non-hydrogen) atoms. The van der Waals surface area contributed by atoms with Gasteiger partial charge in [0, 0.05) is 54.6 Å². The number of hydrogen-bond acceptors (Lipinski definition) is 10. The molecule has 17 heteroatoms. The average Bonchev–Trinajstić information content (AvgIpc) is 3.89. The lowest BCUT2D eigenvalue weighted by Gasteiger charge is -2.30. The summed E-state index contributed by atoms with van der Waals surface area (Å²) in [5.41, 5.74) is 2.49. The molecule has 7 rings (SSSR count). The van der Waals surface area contributed by atoms with E-state index in [9.17, 15) is 32.0 Å². The maximum absolute atomic E-state index is 16.5. The molecule has 0 aliphatic carbocycles. The molecule has 3 aliphatic rings. The number of fused-ring (bicyclic) bond motifs is 3. The molecule has 0 radical (unpaired) electrons. The zero-order valence-corrected chi connectivity index (χ0v) is 28.8. The van der Waals surface area contributed by atoms with Crippen molar-refractivity contribution in [2.75, 3.05) is 57.6 Å². The molecule has 272 valence electrons. The highest BCUT2D eigenvalue weighted by atomic mass is 32.1. The van der Waals surface area contributed by atoms with Crippen LogP contribution in [0.2, 0.25) is 0 Å². The van der Waals surface area contributed by atoms with Gasteiger partial charge in [-0.1, -0.05) is 6.07 Å². The second-order valence-corrected chi connectivity index (χ2v) is 13.6. The number of nitrogen functional groups attached to an aromatic ring is 1. The average molecular weight is 736 g/mol. The van der Waals surface area contributed by atoms with Crippen molar-refractivity contribution >= 4 is 49.2 Å². The van der Waals surface area contributed by atoms with Crippen LogP contribution in [0.15, 0.2) is 18.2 Å². The number of ether oxygens (including phenoxy) is 2. The van der Waals surface area contributed by atoms with E-state index in [4.69, 9.17) is 15.2 Å². The van der Waals surface area contributed by atoms with Gasteiger partial charge in [0.15, 0.2) is 5.82 Å². The monoisotopic (exact) mass is 735 g/mol. The molecule has 3 unspecified atom stereocenters. The van der Waals surface area contributed by atoms with E-state index in [1.54, 1.807) is 17.9 Å². The number of anilines is 2. The van der Waals surface area contributed by atoms with Gasteiger partial charge in [-0.3, -0.25) is 4.90 Å². The smallest absolute Gasteiger partial charge is 0.417 e. The van der Waals surface area contributed by atoms with Gasteiger partial charge in [0.25, 0.3) is 0 Å². The number of nitrogens with zero attached hydrogens (tertiary/aromatic N) is 6. The second-order valence-electron chi connectivity index (χ2n) is 12.6. The third-order valence-corrected chi connectivity index (χ3v) is 10.7. The van der Waals surface area contributed by atoms with Crippen molar-refractivity contribution in [2.24, 2.45) is 0 Å². The maximum Gasteiger partial charge on any atom is 0.417 e. The largest absolute Gasteiger partial charge is 0.467 e. The molecular formula is C34H35F6N7O3S. The summed E-state index contributed by atoms with van der Waals surface area (Å²) in [6, 6.07) is 4.36. The number of carbonyl (C=O) groups excluding carboxylic acids is 1. The lowest BCUT2D eigenvalue weighted by Crippen LogP contribution is -2.39. The summed E-state index contributed by atoms with van der Waals surface area (Å²) in [6.45, 7) is 4.39. The SMILES string of the molecule is CCN(c1nc(OC)nc2c(F)c(-c3ccc(F)c4sc(N)c(C#N)c34)c(C(F)(F)F)cc12)C1CCN(C(=O)OC)C1.FC1CC2CCCN2C1. The predicted octanol–water partition coefficient (Wildman–Crippen LogP) is 7.13. The van der Waals surface area contributed by atoms with Crippen molar-refractivity contribution in [3.63, 3.8) is 0 Å². The van der Waals surface area contributed by atoms with Crippen molar-refractivity contribution < 1.29 is 40.6 Å². The maximum atomic E-state index is 16.5. The predicted molar refractivity (Wildman–Crippen MR) is 180 cm³/mol. The Labute approximate surface area is 293 Å². The molecule has 3 saturated heterocycles. The van der Waals surface area contributed by atoms with Gasteiger partial charge in [0.05, 0.1) is 30.0 Å². The van der Waals surface area contributed by atoms with Crippen LogP contribution in [-0.2, 0) is 10.9 Å². The third-order valence-electron chi connectivity index (χ3n) is 9.69. The molecule has 0 spiro atoms. The Balaban J connectivity index is 0.000000428. The lowest BCUT2D eigenvalue weighted by molar-refractivity contribution is -0.137. The number of nitriles is 1. The van der Waals surface area contributed by atoms with Crippen LogP contribution in [-0.4, -0.2) is 91.1 Å². The van der Waals surface area contributed by atoms with Crippen LogP contribution in [0.5, 0.6) is 6.01 Å². The standard InChI is InChI=1S/C27H23F5N6O3S.C7H12FN/c1-4-38(12-7-8-37(11-12)26(39)41-3)24-14-9-16(27(30,31)32)19(20(29)21(14)35-25(36-24)40-2)13-5-6-17(28)22-18(13)15(10-33)23(34)42-22;8-6-4-7-2-1-3-9(7)5-6/h5-6,9,12H,4,7-8,11,34H2,1-3H3;6-7H,1-5H2. The molecule has 2 aromatic carbocycles. The Bertz CT molecular complexity index is 2010. The van der Waals surface area contributed by atoms with Crippen LogP contribution in [0.25, 0.3) is 32.1 Å².